The predicted octanol–water partition coefficient (Wildman–Crippen LogP) is 5.03. The molecule has 5 heteroatoms. The number of nitrogens with one attached hydrogen (secondary N) is 1. The average molecular weight is 341 g/mol. The van der Waals surface area contributed by atoms with Gasteiger partial charge in [0.15, 0.2) is 5.75 Å². The summed E-state index contributed by atoms with van der Waals surface area (Å²) in [6.45, 7) is 0.666. The van der Waals surface area contributed by atoms with Gasteiger partial charge in [0.25, 0.3) is 0 Å². The van der Waals surface area contributed by atoms with E-state index in [1.807, 2.05) is 36.4 Å². The van der Waals surface area contributed by atoms with Crippen LogP contribution in [0.4, 0.5) is 11.4 Å². The second-order valence-corrected chi connectivity index (χ2v) is 5.71. The number of nitrogens with two attached hydrogens (primary N) is 1. The SMILES string of the molecule is Nc1cccc(Cl)c1Oc1ccc(CNc2ccc(O)cc2)cc1. The molecule has 0 atom stereocenters. The number of hydrogen-bond acceptors (Lipinski definition) is 4. The van der Waals surface area contributed by atoms with E-state index in [1.165, 1.54) is 0 Å². The summed E-state index contributed by atoms with van der Waals surface area (Å²) in [6, 6.07) is 19.9. The van der Waals surface area contributed by atoms with Crippen LogP contribution in [0, 0.1) is 0 Å². The Kier molecular flexibility index (Phi) is 4.77. The number of rotatable bonds is 5. The van der Waals surface area contributed by atoms with Crippen molar-refractivity contribution in [3.05, 3.63) is 77.3 Å². The molecule has 0 bridgehead atoms. The second kappa shape index (κ2) is 7.15. The first-order valence-corrected chi connectivity index (χ1v) is 7.83. The van der Waals surface area contributed by atoms with Crippen molar-refractivity contribution in [1.82, 2.24) is 0 Å². The molecule has 4 N–H and O–H groups in total. The Bertz CT molecular complexity index is 798. The highest BCUT2D eigenvalue weighted by Gasteiger charge is 2.07. The Morgan fingerprint density at radius 2 is 1.67 bits per heavy atom. The summed E-state index contributed by atoms with van der Waals surface area (Å²) in [5, 5.41) is 13.0. The molecule has 3 aromatic rings. The molecule has 0 aliphatic carbocycles. The molecule has 0 amide bonds. The minimum Gasteiger partial charge on any atom is -0.508 e. The molecule has 0 aliphatic heterocycles. The van der Waals surface area contributed by atoms with Crippen molar-refractivity contribution >= 4 is 23.0 Å². The maximum atomic E-state index is 9.27. The summed E-state index contributed by atoms with van der Waals surface area (Å²) in [5.74, 6) is 1.39. The Labute approximate surface area is 145 Å². The fourth-order valence-electron chi connectivity index (χ4n) is 2.21. The Balaban J connectivity index is 1.64. The van der Waals surface area contributed by atoms with E-state index >= 15 is 0 Å². The van der Waals surface area contributed by atoms with Gasteiger partial charge in [-0.2, -0.15) is 0 Å². The van der Waals surface area contributed by atoms with Crippen LogP contribution in [0.2, 0.25) is 5.02 Å². The van der Waals surface area contributed by atoms with Gasteiger partial charge >= 0.3 is 0 Å². The van der Waals surface area contributed by atoms with Crippen molar-refractivity contribution in [3.63, 3.8) is 0 Å². The Hall–Kier alpha value is -2.85. The first-order valence-electron chi connectivity index (χ1n) is 7.45. The van der Waals surface area contributed by atoms with Crippen molar-refractivity contribution in [2.24, 2.45) is 0 Å². The number of nitrogen functional groups attached to an aromatic ring is 1. The van der Waals surface area contributed by atoms with Crippen LogP contribution in [0.1, 0.15) is 5.56 Å². The second-order valence-electron chi connectivity index (χ2n) is 5.30. The quantitative estimate of drug-likeness (QED) is 0.450. The number of benzene rings is 3. The molecule has 3 rings (SSSR count). The van der Waals surface area contributed by atoms with Gasteiger partial charge in [-0.05, 0) is 54.1 Å². The van der Waals surface area contributed by atoms with Crippen LogP contribution in [0.5, 0.6) is 17.2 Å². The van der Waals surface area contributed by atoms with Crippen LogP contribution >= 0.6 is 11.6 Å². The molecule has 122 valence electrons. The summed E-state index contributed by atoms with van der Waals surface area (Å²) >= 11 is 6.11. The minimum atomic E-state index is 0.251. The van der Waals surface area contributed by atoms with Crippen LogP contribution in [0.15, 0.2) is 66.7 Å². The summed E-state index contributed by atoms with van der Waals surface area (Å²) in [4.78, 5) is 0. The number of para-hydroxylation sites is 1. The van der Waals surface area contributed by atoms with Gasteiger partial charge in [0.2, 0.25) is 0 Å². The molecule has 0 fully saturated rings. The largest absolute Gasteiger partial charge is 0.508 e. The number of anilines is 2. The lowest BCUT2D eigenvalue weighted by Crippen LogP contribution is -1.99. The number of phenolic OH excluding ortho intramolecular Hbond substituents is 1. The highest BCUT2D eigenvalue weighted by atomic mass is 35.5. The molecule has 0 saturated carbocycles. The number of phenols is 1. The maximum absolute atomic E-state index is 9.27. The van der Waals surface area contributed by atoms with Gasteiger partial charge < -0.3 is 20.9 Å². The topological polar surface area (TPSA) is 67.5 Å². The third-order valence-corrected chi connectivity index (χ3v) is 3.80. The third kappa shape index (κ3) is 3.91. The molecule has 0 heterocycles. The number of aromatic hydroxyl groups is 1. The Morgan fingerprint density at radius 1 is 0.958 bits per heavy atom. The molecular formula is C19H17ClN2O2. The van der Waals surface area contributed by atoms with Crippen molar-refractivity contribution < 1.29 is 9.84 Å². The maximum Gasteiger partial charge on any atom is 0.168 e. The molecule has 0 unspecified atom stereocenters. The average Bonchev–Trinajstić information content (AvgIpc) is 2.59. The molecule has 24 heavy (non-hydrogen) atoms. The molecular weight excluding hydrogens is 324 g/mol. The first kappa shape index (κ1) is 16.0. The van der Waals surface area contributed by atoms with Gasteiger partial charge in [0, 0.05) is 12.2 Å². The molecule has 4 nitrogen and oxygen atoms in total. The van der Waals surface area contributed by atoms with E-state index in [0.29, 0.717) is 28.8 Å². The standard InChI is InChI=1S/C19H17ClN2O2/c20-17-2-1-3-18(21)19(17)24-16-10-4-13(5-11-16)12-22-14-6-8-15(23)9-7-14/h1-11,22-23H,12,21H2. The highest BCUT2D eigenvalue weighted by Crippen LogP contribution is 2.34. The van der Waals surface area contributed by atoms with E-state index in [9.17, 15) is 5.11 Å². The Morgan fingerprint density at radius 3 is 2.33 bits per heavy atom. The zero-order valence-corrected chi connectivity index (χ0v) is 13.6. The van der Waals surface area contributed by atoms with Crippen LogP contribution < -0.4 is 15.8 Å². The zero-order chi connectivity index (χ0) is 16.9. The zero-order valence-electron chi connectivity index (χ0n) is 12.9. The van der Waals surface area contributed by atoms with Crippen LogP contribution in [-0.4, -0.2) is 5.11 Å². The van der Waals surface area contributed by atoms with Crippen molar-refractivity contribution in [2.45, 2.75) is 6.54 Å². The number of ether oxygens (including phenoxy) is 1. The van der Waals surface area contributed by atoms with E-state index in [2.05, 4.69) is 5.32 Å². The predicted molar refractivity (Wildman–Crippen MR) is 97.8 cm³/mol. The van der Waals surface area contributed by atoms with Crippen molar-refractivity contribution in [1.29, 1.82) is 0 Å². The molecule has 0 saturated heterocycles. The lowest BCUT2D eigenvalue weighted by atomic mass is 10.2. The van der Waals surface area contributed by atoms with E-state index < -0.39 is 0 Å². The minimum absolute atomic E-state index is 0.251. The summed E-state index contributed by atoms with van der Waals surface area (Å²) in [6.07, 6.45) is 0. The van der Waals surface area contributed by atoms with E-state index in [4.69, 9.17) is 22.1 Å². The van der Waals surface area contributed by atoms with E-state index in [1.54, 1.807) is 30.3 Å². The first-order chi connectivity index (χ1) is 11.6. The summed E-state index contributed by atoms with van der Waals surface area (Å²) in [5.41, 5.74) is 8.43. The molecule has 0 radical (unpaired) electrons. The normalized spacial score (nSPS) is 10.4. The fourth-order valence-corrected chi connectivity index (χ4v) is 2.43. The third-order valence-electron chi connectivity index (χ3n) is 3.50. The van der Waals surface area contributed by atoms with Gasteiger partial charge in [-0.3, -0.25) is 0 Å². The van der Waals surface area contributed by atoms with Gasteiger partial charge in [-0.1, -0.05) is 29.8 Å². The lowest BCUT2D eigenvalue weighted by molar-refractivity contribution is 0.475. The molecule has 0 spiro atoms. The van der Waals surface area contributed by atoms with Crippen LogP contribution in [-0.2, 0) is 6.54 Å². The van der Waals surface area contributed by atoms with Gasteiger partial charge in [0.1, 0.15) is 11.5 Å². The highest BCUT2D eigenvalue weighted by molar-refractivity contribution is 6.32. The monoisotopic (exact) mass is 340 g/mol. The summed E-state index contributed by atoms with van der Waals surface area (Å²) in [7, 11) is 0. The van der Waals surface area contributed by atoms with Crippen LogP contribution in [0.25, 0.3) is 0 Å². The number of hydrogen-bond donors (Lipinski definition) is 3. The van der Waals surface area contributed by atoms with Crippen molar-refractivity contribution in [3.8, 4) is 17.2 Å². The van der Waals surface area contributed by atoms with Crippen LogP contribution in [0.3, 0.4) is 0 Å². The smallest absolute Gasteiger partial charge is 0.168 e. The molecule has 0 aromatic heterocycles. The van der Waals surface area contributed by atoms with Gasteiger partial charge in [-0.25, -0.2) is 0 Å². The number of halogens is 1. The molecule has 0 aliphatic rings. The van der Waals surface area contributed by atoms with Gasteiger partial charge in [-0.15, -0.1) is 0 Å². The molecule has 3 aromatic carbocycles. The van der Waals surface area contributed by atoms with E-state index in [0.717, 1.165) is 11.3 Å². The van der Waals surface area contributed by atoms with Gasteiger partial charge in [0.05, 0.1) is 10.7 Å². The lowest BCUT2D eigenvalue weighted by Gasteiger charge is -2.11. The van der Waals surface area contributed by atoms with E-state index in [-0.39, 0.29) is 5.75 Å². The fraction of sp³-hybridized carbons (Fsp3) is 0.0526. The van der Waals surface area contributed by atoms with Crippen molar-refractivity contribution in [2.75, 3.05) is 11.1 Å². The summed E-state index contributed by atoms with van der Waals surface area (Å²) < 4.78 is 5.77.